The lowest BCUT2D eigenvalue weighted by atomic mass is 9.78. The van der Waals surface area contributed by atoms with E-state index in [2.05, 4.69) is 6.92 Å². The van der Waals surface area contributed by atoms with E-state index in [1.807, 2.05) is 19.9 Å². The molecule has 0 spiro atoms. The Balaban J connectivity index is 2.68. The predicted molar refractivity (Wildman–Crippen MR) is 60.5 cm³/mol. The maximum Gasteiger partial charge on any atom is 0.129 e. The van der Waals surface area contributed by atoms with Crippen LogP contribution in [0.3, 0.4) is 0 Å². The first-order valence-corrected chi connectivity index (χ1v) is 5.57. The van der Waals surface area contributed by atoms with E-state index in [9.17, 15) is 4.39 Å². The molecule has 0 amide bonds. The van der Waals surface area contributed by atoms with Crippen molar-refractivity contribution in [2.75, 3.05) is 0 Å². The average Bonchev–Trinajstić information content (AvgIpc) is 2.20. The first-order valence-electron chi connectivity index (χ1n) is 5.57. The molecule has 2 rings (SSSR count). The molecule has 0 aliphatic heterocycles. The third-order valence-corrected chi connectivity index (χ3v) is 3.57. The van der Waals surface area contributed by atoms with Crippen LogP contribution in [-0.2, 0) is 0 Å². The Labute approximate surface area is 90.5 Å². The monoisotopic (exact) mass is 207 g/mol. The molecule has 1 aliphatic rings. The van der Waals surface area contributed by atoms with Gasteiger partial charge in [0, 0.05) is 6.04 Å². The van der Waals surface area contributed by atoms with Crippen LogP contribution in [0.25, 0.3) is 0 Å². The summed E-state index contributed by atoms with van der Waals surface area (Å²) in [6, 6.07) is 1.99. The summed E-state index contributed by atoms with van der Waals surface area (Å²) in [5.41, 5.74) is 9.87. The molecular formula is C13H18FN. The number of hydrogen-bond acceptors (Lipinski definition) is 1. The number of aryl methyl sites for hydroxylation is 1. The molecule has 1 aliphatic carbocycles. The molecule has 1 unspecified atom stereocenters. The molecule has 0 saturated carbocycles. The Morgan fingerprint density at radius 2 is 2.00 bits per heavy atom. The number of hydrogen-bond donors (Lipinski definition) is 1. The van der Waals surface area contributed by atoms with Crippen molar-refractivity contribution in [1.82, 2.24) is 0 Å². The van der Waals surface area contributed by atoms with Crippen molar-refractivity contribution in [2.24, 2.45) is 5.73 Å². The van der Waals surface area contributed by atoms with Gasteiger partial charge >= 0.3 is 0 Å². The van der Waals surface area contributed by atoms with Crippen molar-refractivity contribution in [3.05, 3.63) is 34.1 Å². The van der Waals surface area contributed by atoms with Crippen molar-refractivity contribution in [2.45, 2.75) is 45.6 Å². The molecule has 0 heterocycles. The topological polar surface area (TPSA) is 26.0 Å². The zero-order valence-corrected chi connectivity index (χ0v) is 9.60. The van der Waals surface area contributed by atoms with Gasteiger partial charge in [0.1, 0.15) is 5.82 Å². The van der Waals surface area contributed by atoms with Gasteiger partial charge in [-0.2, -0.15) is 0 Å². The van der Waals surface area contributed by atoms with Gasteiger partial charge in [-0.3, -0.25) is 0 Å². The number of benzene rings is 1. The summed E-state index contributed by atoms with van der Waals surface area (Å²) in [6.07, 6.45) is 2.08. The van der Waals surface area contributed by atoms with Gasteiger partial charge in [0.05, 0.1) is 0 Å². The summed E-state index contributed by atoms with van der Waals surface area (Å²) in [7, 11) is 0. The molecule has 1 aromatic carbocycles. The lowest BCUT2D eigenvalue weighted by Crippen LogP contribution is -2.21. The summed E-state index contributed by atoms with van der Waals surface area (Å²) in [6.45, 7) is 5.87. The standard InChI is InChI=1S/C13H18FN/c1-7-4-5-11(15)12-9(3)13(14)8(2)6-10(7)12/h6-7,11H,4-5,15H2,1-3H3/t7?,11-/m1/s1. The number of rotatable bonds is 0. The molecule has 0 bridgehead atoms. The Hall–Kier alpha value is -0.890. The fourth-order valence-electron chi connectivity index (χ4n) is 2.63. The maximum absolute atomic E-state index is 13.8. The van der Waals surface area contributed by atoms with E-state index in [0.717, 1.165) is 29.5 Å². The van der Waals surface area contributed by atoms with E-state index in [1.54, 1.807) is 0 Å². The highest BCUT2D eigenvalue weighted by molar-refractivity contribution is 5.44. The summed E-state index contributed by atoms with van der Waals surface area (Å²) >= 11 is 0. The number of halogens is 1. The second kappa shape index (κ2) is 3.60. The number of fused-ring (bicyclic) bond motifs is 1. The fourth-order valence-corrected chi connectivity index (χ4v) is 2.63. The third kappa shape index (κ3) is 1.57. The van der Waals surface area contributed by atoms with E-state index in [1.165, 1.54) is 5.56 Å². The quantitative estimate of drug-likeness (QED) is 0.693. The van der Waals surface area contributed by atoms with Crippen LogP contribution in [-0.4, -0.2) is 0 Å². The minimum Gasteiger partial charge on any atom is -0.324 e. The summed E-state index contributed by atoms with van der Waals surface area (Å²) in [5, 5.41) is 0. The van der Waals surface area contributed by atoms with Crippen LogP contribution in [0, 0.1) is 19.7 Å². The predicted octanol–water partition coefficient (Wildman–Crippen LogP) is 3.34. The molecule has 0 radical (unpaired) electrons. The molecule has 2 N–H and O–H groups in total. The zero-order valence-electron chi connectivity index (χ0n) is 9.60. The maximum atomic E-state index is 13.8. The Kier molecular flexibility index (Phi) is 2.55. The second-order valence-electron chi connectivity index (χ2n) is 4.72. The van der Waals surface area contributed by atoms with Gasteiger partial charge in [0.15, 0.2) is 0 Å². The van der Waals surface area contributed by atoms with E-state index in [0.29, 0.717) is 5.92 Å². The Morgan fingerprint density at radius 3 is 2.67 bits per heavy atom. The summed E-state index contributed by atoms with van der Waals surface area (Å²) in [4.78, 5) is 0. The highest BCUT2D eigenvalue weighted by Crippen LogP contribution is 2.39. The highest BCUT2D eigenvalue weighted by Gasteiger charge is 2.26. The van der Waals surface area contributed by atoms with Crippen LogP contribution in [0.4, 0.5) is 4.39 Å². The fraction of sp³-hybridized carbons (Fsp3) is 0.538. The molecule has 1 nitrogen and oxygen atoms in total. The minimum atomic E-state index is -0.0849. The largest absolute Gasteiger partial charge is 0.324 e. The van der Waals surface area contributed by atoms with Gasteiger partial charge in [-0.05, 0) is 54.9 Å². The zero-order chi connectivity index (χ0) is 11.2. The van der Waals surface area contributed by atoms with Crippen LogP contribution >= 0.6 is 0 Å². The second-order valence-corrected chi connectivity index (χ2v) is 4.72. The van der Waals surface area contributed by atoms with Gasteiger partial charge in [-0.15, -0.1) is 0 Å². The SMILES string of the molecule is Cc1cc2c(c(C)c1F)[C@H](N)CCC2C. The first-order chi connectivity index (χ1) is 7.02. The highest BCUT2D eigenvalue weighted by atomic mass is 19.1. The van der Waals surface area contributed by atoms with Gasteiger partial charge in [0.25, 0.3) is 0 Å². The molecule has 0 saturated heterocycles. The van der Waals surface area contributed by atoms with Crippen LogP contribution < -0.4 is 5.73 Å². The van der Waals surface area contributed by atoms with E-state index < -0.39 is 0 Å². The lowest BCUT2D eigenvalue weighted by molar-refractivity contribution is 0.501. The molecule has 82 valence electrons. The lowest BCUT2D eigenvalue weighted by Gasteiger charge is -2.29. The molecule has 0 fully saturated rings. The molecule has 1 aromatic rings. The summed E-state index contributed by atoms with van der Waals surface area (Å²) < 4.78 is 13.8. The smallest absolute Gasteiger partial charge is 0.129 e. The normalized spacial score (nSPS) is 25.1. The van der Waals surface area contributed by atoms with E-state index in [-0.39, 0.29) is 11.9 Å². The molecule has 0 aromatic heterocycles. The molecule has 2 atom stereocenters. The Bertz CT molecular complexity index is 398. The van der Waals surface area contributed by atoms with Crippen LogP contribution in [0.5, 0.6) is 0 Å². The van der Waals surface area contributed by atoms with Crippen molar-refractivity contribution in [1.29, 1.82) is 0 Å². The molecule has 2 heteroatoms. The van der Waals surface area contributed by atoms with Crippen LogP contribution in [0.15, 0.2) is 6.07 Å². The van der Waals surface area contributed by atoms with Crippen molar-refractivity contribution in [3.63, 3.8) is 0 Å². The van der Waals surface area contributed by atoms with Crippen molar-refractivity contribution >= 4 is 0 Å². The minimum absolute atomic E-state index is 0.0197. The average molecular weight is 207 g/mol. The van der Waals surface area contributed by atoms with Crippen LogP contribution in [0.2, 0.25) is 0 Å². The molecular weight excluding hydrogens is 189 g/mol. The third-order valence-electron chi connectivity index (χ3n) is 3.57. The van der Waals surface area contributed by atoms with E-state index >= 15 is 0 Å². The Morgan fingerprint density at radius 1 is 1.33 bits per heavy atom. The van der Waals surface area contributed by atoms with Gasteiger partial charge < -0.3 is 5.73 Å². The van der Waals surface area contributed by atoms with Gasteiger partial charge in [-0.25, -0.2) is 4.39 Å². The van der Waals surface area contributed by atoms with Gasteiger partial charge in [-0.1, -0.05) is 13.0 Å². The number of nitrogens with two attached hydrogens (primary N) is 1. The summed E-state index contributed by atoms with van der Waals surface area (Å²) in [5.74, 6) is 0.427. The first kappa shape index (κ1) is 10.6. The molecule has 15 heavy (non-hydrogen) atoms. The van der Waals surface area contributed by atoms with Crippen molar-refractivity contribution < 1.29 is 4.39 Å². The van der Waals surface area contributed by atoms with Crippen LogP contribution in [0.1, 0.15) is 54.0 Å². The van der Waals surface area contributed by atoms with E-state index in [4.69, 9.17) is 5.73 Å². The van der Waals surface area contributed by atoms with Gasteiger partial charge in [0.2, 0.25) is 0 Å². The van der Waals surface area contributed by atoms with Crippen molar-refractivity contribution in [3.8, 4) is 0 Å².